The van der Waals surface area contributed by atoms with Crippen molar-refractivity contribution >= 4 is 5.97 Å². The topological polar surface area (TPSA) is 65.0 Å². The van der Waals surface area contributed by atoms with Crippen LogP contribution in [0.4, 0.5) is 0 Å². The first-order chi connectivity index (χ1) is 8.09. The summed E-state index contributed by atoms with van der Waals surface area (Å²) in [5.41, 5.74) is 0.350. The van der Waals surface area contributed by atoms with Gasteiger partial charge in [0, 0.05) is 12.1 Å². The number of rotatable bonds is 3. The summed E-state index contributed by atoms with van der Waals surface area (Å²) in [6.07, 6.45) is 2.45. The Hall–Kier alpha value is -2.01. The van der Waals surface area contributed by atoms with Crippen molar-refractivity contribution in [3.05, 3.63) is 35.9 Å². The number of cyclic esters (lactones) is 1. The van der Waals surface area contributed by atoms with Gasteiger partial charge < -0.3 is 19.3 Å². The summed E-state index contributed by atoms with van der Waals surface area (Å²) in [7, 11) is 2.99. The number of esters is 1. The highest BCUT2D eigenvalue weighted by atomic mass is 16.7. The van der Waals surface area contributed by atoms with Gasteiger partial charge in [0.15, 0.2) is 0 Å². The van der Waals surface area contributed by atoms with E-state index in [4.69, 9.17) is 14.2 Å². The van der Waals surface area contributed by atoms with Crippen LogP contribution in [0.1, 0.15) is 5.56 Å². The van der Waals surface area contributed by atoms with Gasteiger partial charge in [-0.25, -0.2) is 4.79 Å². The van der Waals surface area contributed by atoms with E-state index in [1.54, 1.807) is 18.2 Å². The predicted octanol–water partition coefficient (Wildman–Crippen LogP) is 0.962. The fraction of sp³-hybridized carbons (Fsp3) is 0.250. The molecule has 0 saturated heterocycles. The molecule has 1 aromatic carbocycles. The van der Waals surface area contributed by atoms with Crippen molar-refractivity contribution in [2.24, 2.45) is 0 Å². The maximum absolute atomic E-state index is 11.0. The molecule has 1 heterocycles. The molecule has 5 nitrogen and oxygen atoms in total. The number of benzene rings is 1. The molecule has 17 heavy (non-hydrogen) atoms. The first-order valence-corrected chi connectivity index (χ1v) is 4.96. The van der Waals surface area contributed by atoms with E-state index in [0.717, 1.165) is 0 Å². The van der Waals surface area contributed by atoms with Gasteiger partial charge in [0.2, 0.25) is 0 Å². The van der Waals surface area contributed by atoms with E-state index in [2.05, 4.69) is 0 Å². The maximum atomic E-state index is 11.0. The van der Waals surface area contributed by atoms with E-state index < -0.39 is 11.8 Å². The van der Waals surface area contributed by atoms with Gasteiger partial charge in [0.05, 0.1) is 19.8 Å². The fourth-order valence-corrected chi connectivity index (χ4v) is 1.64. The molecule has 2 rings (SSSR count). The van der Waals surface area contributed by atoms with Crippen LogP contribution in [0.25, 0.3) is 0 Å². The van der Waals surface area contributed by atoms with Crippen molar-refractivity contribution in [1.29, 1.82) is 0 Å². The minimum Gasteiger partial charge on any atom is -0.497 e. The van der Waals surface area contributed by atoms with Crippen molar-refractivity contribution in [1.82, 2.24) is 0 Å². The van der Waals surface area contributed by atoms with E-state index >= 15 is 0 Å². The Kier molecular flexibility index (Phi) is 2.77. The molecular weight excluding hydrogens is 224 g/mol. The molecule has 1 atom stereocenters. The molecule has 0 saturated carbocycles. The molecule has 0 amide bonds. The molecule has 0 fully saturated rings. The molecular formula is C12H12O5. The van der Waals surface area contributed by atoms with Crippen LogP contribution in [0.15, 0.2) is 30.4 Å². The van der Waals surface area contributed by atoms with Gasteiger partial charge in [-0.3, -0.25) is 0 Å². The molecule has 0 bridgehead atoms. The molecule has 1 unspecified atom stereocenters. The average Bonchev–Trinajstić information content (AvgIpc) is 2.69. The summed E-state index contributed by atoms with van der Waals surface area (Å²) in [5, 5.41) is 10.2. The molecule has 90 valence electrons. The SMILES string of the molecule is COc1ccc(C2(O)C=CC(=O)O2)c(OC)c1. The van der Waals surface area contributed by atoms with Gasteiger partial charge in [0.1, 0.15) is 11.5 Å². The molecule has 1 aliphatic rings. The Morgan fingerprint density at radius 3 is 2.59 bits per heavy atom. The van der Waals surface area contributed by atoms with Crippen molar-refractivity contribution < 1.29 is 24.1 Å². The lowest BCUT2D eigenvalue weighted by atomic mass is 10.0. The van der Waals surface area contributed by atoms with Crippen LogP contribution in [0.5, 0.6) is 11.5 Å². The van der Waals surface area contributed by atoms with Gasteiger partial charge in [-0.15, -0.1) is 0 Å². The normalized spacial score (nSPS) is 22.4. The highest BCUT2D eigenvalue weighted by molar-refractivity contribution is 5.85. The van der Waals surface area contributed by atoms with E-state index in [0.29, 0.717) is 17.1 Å². The Morgan fingerprint density at radius 1 is 1.29 bits per heavy atom. The highest BCUT2D eigenvalue weighted by Gasteiger charge is 2.37. The van der Waals surface area contributed by atoms with Crippen LogP contribution in [-0.4, -0.2) is 25.3 Å². The third kappa shape index (κ3) is 1.97. The van der Waals surface area contributed by atoms with Crippen molar-refractivity contribution in [2.45, 2.75) is 5.79 Å². The van der Waals surface area contributed by atoms with Crippen LogP contribution in [0.3, 0.4) is 0 Å². The molecule has 1 aromatic rings. The van der Waals surface area contributed by atoms with E-state index in [9.17, 15) is 9.90 Å². The number of hydrogen-bond donors (Lipinski definition) is 1. The van der Waals surface area contributed by atoms with E-state index in [1.807, 2.05) is 0 Å². The second-order valence-electron chi connectivity index (χ2n) is 3.52. The lowest BCUT2D eigenvalue weighted by molar-refractivity contribution is -0.182. The summed E-state index contributed by atoms with van der Waals surface area (Å²) in [4.78, 5) is 11.0. The first kappa shape index (κ1) is 11.5. The summed E-state index contributed by atoms with van der Waals surface area (Å²) >= 11 is 0. The minimum absolute atomic E-state index is 0.350. The fourth-order valence-electron chi connectivity index (χ4n) is 1.64. The largest absolute Gasteiger partial charge is 0.497 e. The third-order valence-electron chi connectivity index (χ3n) is 2.50. The quantitative estimate of drug-likeness (QED) is 0.792. The molecule has 1 aliphatic heterocycles. The smallest absolute Gasteiger partial charge is 0.333 e. The lowest BCUT2D eigenvalue weighted by Gasteiger charge is -2.22. The van der Waals surface area contributed by atoms with Crippen molar-refractivity contribution in [2.75, 3.05) is 14.2 Å². The van der Waals surface area contributed by atoms with Crippen molar-refractivity contribution in [3.8, 4) is 11.5 Å². The Labute approximate surface area is 98.2 Å². The number of methoxy groups -OCH3 is 2. The summed E-state index contributed by atoms with van der Waals surface area (Å²) in [6.45, 7) is 0. The number of hydrogen-bond acceptors (Lipinski definition) is 5. The van der Waals surface area contributed by atoms with Gasteiger partial charge in [-0.2, -0.15) is 0 Å². The Balaban J connectivity index is 2.45. The van der Waals surface area contributed by atoms with E-state index in [-0.39, 0.29) is 0 Å². The van der Waals surface area contributed by atoms with Gasteiger partial charge in [-0.05, 0) is 18.2 Å². The van der Waals surface area contributed by atoms with Gasteiger partial charge in [-0.1, -0.05) is 0 Å². The van der Waals surface area contributed by atoms with Crippen molar-refractivity contribution in [3.63, 3.8) is 0 Å². The predicted molar refractivity (Wildman–Crippen MR) is 58.7 cm³/mol. The summed E-state index contributed by atoms with van der Waals surface area (Å²) < 4.78 is 15.0. The van der Waals surface area contributed by atoms with Crippen LogP contribution in [0, 0.1) is 0 Å². The minimum atomic E-state index is -1.77. The summed E-state index contributed by atoms with van der Waals surface area (Å²) in [5.74, 6) is -1.40. The van der Waals surface area contributed by atoms with Crippen LogP contribution < -0.4 is 9.47 Å². The zero-order valence-electron chi connectivity index (χ0n) is 9.47. The second-order valence-corrected chi connectivity index (χ2v) is 3.52. The molecule has 0 aromatic heterocycles. The number of aliphatic hydroxyl groups is 1. The van der Waals surface area contributed by atoms with Crippen LogP contribution in [0.2, 0.25) is 0 Å². The van der Waals surface area contributed by atoms with Crippen LogP contribution >= 0.6 is 0 Å². The molecule has 0 spiro atoms. The molecule has 0 radical (unpaired) electrons. The number of ether oxygens (including phenoxy) is 3. The zero-order chi connectivity index (χ0) is 12.5. The maximum Gasteiger partial charge on any atom is 0.333 e. The number of carbonyl (C=O) groups is 1. The Bertz CT molecular complexity index is 480. The highest BCUT2D eigenvalue weighted by Crippen LogP contribution is 2.37. The standard InChI is InChI=1S/C12H12O5/c1-15-8-3-4-9(10(7-8)16-2)12(14)6-5-11(13)17-12/h3-7,14H,1-2H3. The third-order valence-corrected chi connectivity index (χ3v) is 2.50. The second kappa shape index (κ2) is 4.10. The zero-order valence-corrected chi connectivity index (χ0v) is 9.47. The van der Waals surface area contributed by atoms with Gasteiger partial charge in [0.25, 0.3) is 5.79 Å². The Morgan fingerprint density at radius 2 is 2.06 bits per heavy atom. The lowest BCUT2D eigenvalue weighted by Crippen LogP contribution is -2.25. The monoisotopic (exact) mass is 236 g/mol. The molecule has 0 aliphatic carbocycles. The van der Waals surface area contributed by atoms with Crippen LogP contribution in [-0.2, 0) is 15.3 Å². The first-order valence-electron chi connectivity index (χ1n) is 4.96. The molecule has 5 heteroatoms. The average molecular weight is 236 g/mol. The molecule has 1 N–H and O–H groups in total. The summed E-state index contributed by atoms with van der Waals surface area (Å²) in [6, 6.07) is 4.84. The number of carbonyl (C=O) groups excluding carboxylic acids is 1. The van der Waals surface area contributed by atoms with E-state index in [1.165, 1.54) is 26.4 Å². The van der Waals surface area contributed by atoms with Gasteiger partial charge >= 0.3 is 5.97 Å².